The number of aryl methyl sites for hydroxylation is 1. The Balaban J connectivity index is 2.28. The van der Waals surface area contributed by atoms with Crippen LogP contribution in [-0.4, -0.2) is 15.4 Å². The summed E-state index contributed by atoms with van der Waals surface area (Å²) in [6.45, 7) is 8.33. The first kappa shape index (κ1) is 14.2. The standard InChI is InChI=1S/C15H24OSi/c1-5-14-9-11-15(12-10-14)8-6-7-13-17(3,4)16-2/h5,9-12H,1,6-8,13H2,2-4H3. The molecule has 0 heterocycles. The van der Waals surface area contributed by atoms with Gasteiger partial charge < -0.3 is 4.43 Å². The smallest absolute Gasteiger partial charge is 0.186 e. The summed E-state index contributed by atoms with van der Waals surface area (Å²) in [5, 5.41) is 0. The third kappa shape index (κ3) is 5.33. The third-order valence-electron chi connectivity index (χ3n) is 3.26. The Morgan fingerprint density at radius 2 is 1.82 bits per heavy atom. The van der Waals surface area contributed by atoms with E-state index < -0.39 is 8.32 Å². The molecule has 0 atom stereocenters. The van der Waals surface area contributed by atoms with Crippen LogP contribution in [0.5, 0.6) is 0 Å². The zero-order valence-electron chi connectivity index (χ0n) is 11.3. The molecule has 0 bridgehead atoms. The van der Waals surface area contributed by atoms with Gasteiger partial charge in [0.15, 0.2) is 8.32 Å². The van der Waals surface area contributed by atoms with Gasteiger partial charge in [0, 0.05) is 7.11 Å². The van der Waals surface area contributed by atoms with Crippen LogP contribution in [-0.2, 0) is 10.8 Å². The first-order valence-electron chi connectivity index (χ1n) is 6.34. The Morgan fingerprint density at radius 1 is 1.18 bits per heavy atom. The summed E-state index contributed by atoms with van der Waals surface area (Å²) in [7, 11) is 0.504. The van der Waals surface area contributed by atoms with Crippen molar-refractivity contribution in [3.8, 4) is 0 Å². The van der Waals surface area contributed by atoms with Gasteiger partial charge in [0.2, 0.25) is 0 Å². The molecule has 0 unspecified atom stereocenters. The van der Waals surface area contributed by atoms with Crippen molar-refractivity contribution in [1.82, 2.24) is 0 Å². The number of rotatable bonds is 7. The van der Waals surface area contributed by atoms with Crippen LogP contribution in [0.4, 0.5) is 0 Å². The second-order valence-electron chi connectivity index (χ2n) is 5.12. The van der Waals surface area contributed by atoms with E-state index >= 15 is 0 Å². The Morgan fingerprint density at radius 3 is 2.35 bits per heavy atom. The normalized spacial score (nSPS) is 11.5. The number of hydrogen-bond acceptors (Lipinski definition) is 1. The maximum Gasteiger partial charge on any atom is 0.186 e. The monoisotopic (exact) mass is 248 g/mol. The molecule has 0 N–H and O–H groups in total. The van der Waals surface area contributed by atoms with Crippen molar-refractivity contribution < 1.29 is 4.43 Å². The Hall–Kier alpha value is -0.863. The first-order chi connectivity index (χ1) is 8.07. The van der Waals surface area contributed by atoms with Crippen molar-refractivity contribution >= 4 is 14.4 Å². The summed E-state index contributed by atoms with van der Waals surface area (Å²) in [5.74, 6) is 0. The molecule has 17 heavy (non-hydrogen) atoms. The highest BCUT2D eigenvalue weighted by molar-refractivity contribution is 6.71. The molecule has 0 aliphatic carbocycles. The highest BCUT2D eigenvalue weighted by Gasteiger charge is 2.19. The molecule has 1 nitrogen and oxygen atoms in total. The van der Waals surface area contributed by atoms with Gasteiger partial charge in [-0.1, -0.05) is 43.3 Å². The Labute approximate surface area is 107 Å². The maximum atomic E-state index is 5.55. The minimum absolute atomic E-state index is 1.17. The van der Waals surface area contributed by atoms with Crippen LogP contribution in [0.1, 0.15) is 24.0 Å². The molecule has 94 valence electrons. The van der Waals surface area contributed by atoms with E-state index in [1.165, 1.54) is 36.4 Å². The van der Waals surface area contributed by atoms with Gasteiger partial charge in [0.25, 0.3) is 0 Å². The molecule has 0 fully saturated rings. The SMILES string of the molecule is C=Cc1ccc(CCCC[Si](C)(C)OC)cc1. The molecule has 0 amide bonds. The summed E-state index contributed by atoms with van der Waals surface area (Å²) in [6, 6.07) is 9.94. The molecule has 1 aromatic carbocycles. The highest BCUT2D eigenvalue weighted by Crippen LogP contribution is 2.16. The van der Waals surface area contributed by atoms with Crippen molar-refractivity contribution in [2.45, 2.75) is 38.4 Å². The van der Waals surface area contributed by atoms with Crippen LogP contribution >= 0.6 is 0 Å². The molecule has 0 radical (unpaired) electrons. The molecule has 2 heteroatoms. The van der Waals surface area contributed by atoms with Crippen molar-refractivity contribution in [2.24, 2.45) is 0 Å². The number of hydrogen-bond donors (Lipinski definition) is 0. The van der Waals surface area contributed by atoms with Crippen molar-refractivity contribution in [3.63, 3.8) is 0 Å². The molecule has 0 aliphatic rings. The van der Waals surface area contributed by atoms with E-state index in [4.69, 9.17) is 4.43 Å². The highest BCUT2D eigenvalue weighted by atomic mass is 28.4. The van der Waals surface area contributed by atoms with Gasteiger partial charge in [-0.05, 0) is 43.1 Å². The zero-order valence-corrected chi connectivity index (χ0v) is 12.3. The summed E-state index contributed by atoms with van der Waals surface area (Å²) < 4.78 is 5.55. The Bertz CT molecular complexity index is 340. The fourth-order valence-electron chi connectivity index (χ4n) is 1.80. The predicted molar refractivity (Wildman–Crippen MR) is 78.8 cm³/mol. The van der Waals surface area contributed by atoms with Crippen LogP contribution in [0, 0.1) is 0 Å². The lowest BCUT2D eigenvalue weighted by Crippen LogP contribution is -2.27. The quantitative estimate of drug-likeness (QED) is 0.510. The minimum Gasteiger partial charge on any atom is -0.420 e. The fourth-order valence-corrected chi connectivity index (χ4v) is 3.11. The zero-order chi connectivity index (χ0) is 12.7. The summed E-state index contributed by atoms with van der Waals surface area (Å²) >= 11 is 0. The van der Waals surface area contributed by atoms with E-state index in [0.29, 0.717) is 0 Å². The van der Waals surface area contributed by atoms with Crippen LogP contribution in [0.3, 0.4) is 0 Å². The largest absolute Gasteiger partial charge is 0.420 e. The van der Waals surface area contributed by atoms with Crippen molar-refractivity contribution in [3.05, 3.63) is 42.0 Å². The van der Waals surface area contributed by atoms with Gasteiger partial charge in [-0.2, -0.15) is 0 Å². The van der Waals surface area contributed by atoms with Gasteiger partial charge in [-0.15, -0.1) is 0 Å². The molecule has 0 saturated carbocycles. The lowest BCUT2D eigenvalue weighted by molar-refractivity contribution is 0.401. The second kappa shape index (κ2) is 6.77. The van der Waals surface area contributed by atoms with E-state index in [0.717, 1.165) is 0 Å². The second-order valence-corrected chi connectivity index (χ2v) is 9.54. The van der Waals surface area contributed by atoms with Crippen LogP contribution in [0.2, 0.25) is 19.1 Å². The number of benzene rings is 1. The minimum atomic E-state index is -1.34. The van der Waals surface area contributed by atoms with Crippen molar-refractivity contribution in [2.75, 3.05) is 7.11 Å². The van der Waals surface area contributed by atoms with Gasteiger partial charge in [-0.3, -0.25) is 0 Å². The average Bonchev–Trinajstić information content (AvgIpc) is 2.35. The fraction of sp³-hybridized carbons (Fsp3) is 0.467. The van der Waals surface area contributed by atoms with Crippen LogP contribution in [0.15, 0.2) is 30.8 Å². The van der Waals surface area contributed by atoms with E-state index in [9.17, 15) is 0 Å². The van der Waals surface area contributed by atoms with Crippen LogP contribution < -0.4 is 0 Å². The van der Waals surface area contributed by atoms with E-state index in [1.54, 1.807) is 0 Å². The molecular weight excluding hydrogens is 224 g/mol. The molecule has 1 rings (SSSR count). The van der Waals surface area contributed by atoms with Gasteiger partial charge in [0.05, 0.1) is 0 Å². The molecule has 0 saturated heterocycles. The van der Waals surface area contributed by atoms with Crippen LogP contribution in [0.25, 0.3) is 6.08 Å². The topological polar surface area (TPSA) is 9.23 Å². The molecule has 0 aliphatic heterocycles. The van der Waals surface area contributed by atoms with E-state index in [1.807, 2.05) is 13.2 Å². The van der Waals surface area contributed by atoms with Gasteiger partial charge in [-0.25, -0.2) is 0 Å². The first-order valence-corrected chi connectivity index (χ1v) is 9.45. The molecule has 0 aromatic heterocycles. The van der Waals surface area contributed by atoms with E-state index in [-0.39, 0.29) is 0 Å². The maximum absolute atomic E-state index is 5.55. The average molecular weight is 248 g/mol. The van der Waals surface area contributed by atoms with Gasteiger partial charge in [0.1, 0.15) is 0 Å². The summed E-state index contributed by atoms with van der Waals surface area (Å²) in [6.07, 6.45) is 5.59. The summed E-state index contributed by atoms with van der Waals surface area (Å²) in [4.78, 5) is 0. The Kier molecular flexibility index (Phi) is 5.66. The predicted octanol–water partition coefficient (Wildman–Crippen LogP) is 4.50. The number of unbranched alkanes of at least 4 members (excludes halogenated alkanes) is 1. The molecule has 0 spiro atoms. The third-order valence-corrected chi connectivity index (χ3v) is 5.93. The molecular formula is C15H24OSi. The lowest BCUT2D eigenvalue weighted by Gasteiger charge is -2.19. The molecule has 1 aromatic rings. The van der Waals surface area contributed by atoms with Crippen molar-refractivity contribution in [1.29, 1.82) is 0 Å². The summed E-state index contributed by atoms with van der Waals surface area (Å²) in [5.41, 5.74) is 2.62. The van der Waals surface area contributed by atoms with Gasteiger partial charge >= 0.3 is 0 Å². The van der Waals surface area contributed by atoms with E-state index in [2.05, 4.69) is 43.9 Å². The lowest BCUT2D eigenvalue weighted by atomic mass is 10.1.